The van der Waals surface area contributed by atoms with Gasteiger partial charge in [0.15, 0.2) is 0 Å². The van der Waals surface area contributed by atoms with Gasteiger partial charge in [-0.15, -0.1) is 0 Å². The molecule has 2 heterocycles. The van der Waals surface area contributed by atoms with Crippen LogP contribution in [0.3, 0.4) is 0 Å². The maximum Gasteiger partial charge on any atom is 0.213 e. The molecule has 13 rings (SSSR count). The summed E-state index contributed by atoms with van der Waals surface area (Å²) in [6.45, 7) is 4.71. The minimum atomic E-state index is -0.616. The van der Waals surface area contributed by atoms with Crippen LogP contribution < -0.4 is 9.80 Å². The van der Waals surface area contributed by atoms with E-state index in [1.807, 2.05) is 0 Å². The monoisotopic (exact) mass is 806 g/mol. The summed E-state index contributed by atoms with van der Waals surface area (Å²) in [6.07, 6.45) is 0. The smallest absolute Gasteiger partial charge is 0.213 e. The van der Waals surface area contributed by atoms with Crippen LogP contribution in [-0.2, 0) is 10.8 Å². The van der Waals surface area contributed by atoms with Gasteiger partial charge in [0.2, 0.25) is 5.88 Å². The maximum absolute atomic E-state index is 7.26. The highest BCUT2D eigenvalue weighted by Crippen LogP contribution is 2.64. The lowest BCUT2D eigenvalue weighted by atomic mass is 9.64. The summed E-state index contributed by atoms with van der Waals surface area (Å²) in [5.41, 5.74) is 20.5. The van der Waals surface area contributed by atoms with Gasteiger partial charge in [-0.05, 0) is 104 Å². The fourth-order valence-electron chi connectivity index (χ4n) is 11.5. The highest BCUT2D eigenvalue weighted by atomic mass is 16.4. The Hall–Kier alpha value is -7.88. The Kier molecular flexibility index (Phi) is 7.57. The predicted octanol–water partition coefficient (Wildman–Crippen LogP) is 16.0. The van der Waals surface area contributed by atoms with Crippen LogP contribution >= 0.6 is 0 Å². The Morgan fingerprint density at radius 2 is 1.00 bits per heavy atom. The minimum Gasteiger partial charge on any atom is -0.439 e. The first-order valence-corrected chi connectivity index (χ1v) is 21.9. The molecule has 3 aliphatic rings. The molecule has 0 fully saturated rings. The zero-order valence-electron chi connectivity index (χ0n) is 35.1. The Morgan fingerprint density at radius 1 is 0.429 bits per heavy atom. The zero-order chi connectivity index (χ0) is 41.9. The lowest BCUT2D eigenvalue weighted by Crippen LogP contribution is -2.36. The number of para-hydroxylation sites is 3. The zero-order valence-corrected chi connectivity index (χ0v) is 35.1. The van der Waals surface area contributed by atoms with E-state index in [4.69, 9.17) is 4.42 Å². The van der Waals surface area contributed by atoms with Crippen molar-refractivity contribution in [2.75, 3.05) is 9.80 Å². The summed E-state index contributed by atoms with van der Waals surface area (Å²) in [6, 6.07) is 80.1. The molecule has 0 radical (unpaired) electrons. The van der Waals surface area contributed by atoms with Crippen LogP contribution in [0, 0.1) is 0 Å². The number of benzene rings is 9. The van der Waals surface area contributed by atoms with Gasteiger partial charge < -0.3 is 9.32 Å². The molecule has 3 heteroatoms. The normalized spacial score (nSPS) is 14.4. The average molecular weight is 807 g/mol. The molecule has 9 aromatic carbocycles. The molecule has 0 N–H and O–H groups in total. The van der Waals surface area contributed by atoms with Crippen molar-refractivity contribution >= 4 is 45.3 Å². The molecule has 0 saturated carbocycles. The Morgan fingerprint density at radius 3 is 1.75 bits per heavy atom. The van der Waals surface area contributed by atoms with E-state index in [1.165, 1.54) is 61.3 Å². The van der Waals surface area contributed by atoms with Crippen molar-refractivity contribution in [3.8, 4) is 33.4 Å². The van der Waals surface area contributed by atoms with Crippen LogP contribution in [0.25, 0.3) is 44.3 Å². The number of fused-ring (bicyclic) bond motifs is 13. The van der Waals surface area contributed by atoms with Crippen molar-refractivity contribution in [1.82, 2.24) is 0 Å². The Labute approximate surface area is 367 Å². The summed E-state index contributed by atoms with van der Waals surface area (Å²) in [5.74, 6) is 0.787. The summed E-state index contributed by atoms with van der Waals surface area (Å²) in [7, 11) is 0. The van der Waals surface area contributed by atoms with Gasteiger partial charge in [0.25, 0.3) is 0 Å². The van der Waals surface area contributed by atoms with Crippen molar-refractivity contribution in [1.29, 1.82) is 0 Å². The highest BCUT2D eigenvalue weighted by molar-refractivity contribution is 6.06. The molecule has 1 aliphatic heterocycles. The van der Waals surface area contributed by atoms with Crippen LogP contribution in [0.15, 0.2) is 223 Å². The molecule has 0 saturated heterocycles. The number of hydrogen-bond acceptors (Lipinski definition) is 3. The topological polar surface area (TPSA) is 19.6 Å². The Balaban J connectivity index is 1.18. The van der Waals surface area contributed by atoms with E-state index >= 15 is 0 Å². The quantitative estimate of drug-likeness (QED) is 0.173. The first kappa shape index (κ1) is 35.8. The standard InChI is InChI=1S/C60H42N2O/c1-59(2)46-28-13-11-26-44(46)57-50(59)32-19-34-54(57)62(58-56(39-20-5-3-6-21-39)45-27-12-18-35-55(45)63-58)41-36-37-53-51(38-41)60(47-29-14-9-24-42(47)43-25-10-15-30-48(43)60)49-31-16-17-33-52(49)61(53)40-22-7-4-8-23-40/h3-38H,1-2H3. The molecule has 2 aliphatic carbocycles. The number of hydrogen-bond donors (Lipinski definition) is 0. The van der Waals surface area contributed by atoms with E-state index in [-0.39, 0.29) is 5.41 Å². The van der Waals surface area contributed by atoms with E-state index in [1.54, 1.807) is 0 Å². The molecule has 0 bridgehead atoms. The minimum absolute atomic E-state index is 0.194. The lowest BCUT2D eigenvalue weighted by molar-refractivity contribution is 0.621. The van der Waals surface area contributed by atoms with Gasteiger partial charge in [0, 0.05) is 27.7 Å². The fraction of sp³-hybridized carbons (Fsp3) is 0.0667. The van der Waals surface area contributed by atoms with E-state index in [0.717, 1.165) is 50.7 Å². The molecule has 10 aromatic rings. The van der Waals surface area contributed by atoms with E-state index in [0.29, 0.717) is 0 Å². The molecule has 0 amide bonds. The second-order valence-electron chi connectivity index (χ2n) is 17.6. The van der Waals surface area contributed by atoms with Gasteiger partial charge in [-0.3, -0.25) is 4.90 Å². The van der Waals surface area contributed by atoms with Crippen LogP contribution in [0.5, 0.6) is 0 Å². The van der Waals surface area contributed by atoms with E-state index in [2.05, 4.69) is 242 Å². The third-order valence-corrected chi connectivity index (χ3v) is 14.1. The van der Waals surface area contributed by atoms with Gasteiger partial charge in [-0.2, -0.15) is 0 Å². The van der Waals surface area contributed by atoms with Crippen molar-refractivity contribution in [2.45, 2.75) is 24.7 Å². The fourth-order valence-corrected chi connectivity index (χ4v) is 11.5. The second kappa shape index (κ2) is 13.3. The SMILES string of the molecule is CC1(C)c2ccccc2-c2c(N(c3ccc4c(c3)C3(c5ccccc5-c5ccccc53)c3ccccc3N4c3ccccc3)c3oc4ccccc4c3-c3ccccc3)cccc21. The van der Waals surface area contributed by atoms with Crippen LogP contribution in [0.1, 0.15) is 47.2 Å². The molecule has 63 heavy (non-hydrogen) atoms. The van der Waals surface area contributed by atoms with Gasteiger partial charge >= 0.3 is 0 Å². The third kappa shape index (κ3) is 4.85. The summed E-state index contributed by atoms with van der Waals surface area (Å²) in [5, 5.41) is 1.08. The van der Waals surface area contributed by atoms with Crippen LogP contribution in [0.4, 0.5) is 34.3 Å². The molecule has 1 spiro atoms. The molecule has 298 valence electrons. The van der Waals surface area contributed by atoms with E-state index < -0.39 is 5.41 Å². The van der Waals surface area contributed by atoms with Crippen LogP contribution in [0.2, 0.25) is 0 Å². The molecule has 1 aromatic heterocycles. The average Bonchev–Trinajstić information content (AvgIpc) is 3.94. The van der Waals surface area contributed by atoms with Crippen molar-refractivity contribution < 1.29 is 4.42 Å². The molecule has 0 unspecified atom stereocenters. The van der Waals surface area contributed by atoms with Gasteiger partial charge in [0.1, 0.15) is 5.58 Å². The van der Waals surface area contributed by atoms with Gasteiger partial charge in [-0.1, -0.05) is 184 Å². The number of furan rings is 1. The highest BCUT2D eigenvalue weighted by Gasteiger charge is 2.52. The first-order valence-electron chi connectivity index (χ1n) is 21.9. The third-order valence-electron chi connectivity index (χ3n) is 14.1. The van der Waals surface area contributed by atoms with Crippen molar-refractivity contribution in [3.05, 3.63) is 252 Å². The summed E-state index contributed by atoms with van der Waals surface area (Å²) in [4.78, 5) is 4.89. The largest absolute Gasteiger partial charge is 0.439 e. The number of anilines is 6. The summed E-state index contributed by atoms with van der Waals surface area (Å²) >= 11 is 0. The number of rotatable bonds is 5. The predicted molar refractivity (Wildman–Crippen MR) is 259 cm³/mol. The van der Waals surface area contributed by atoms with E-state index in [9.17, 15) is 0 Å². The molecule has 3 nitrogen and oxygen atoms in total. The maximum atomic E-state index is 7.26. The van der Waals surface area contributed by atoms with Gasteiger partial charge in [0.05, 0.1) is 28.0 Å². The molecule has 0 atom stereocenters. The van der Waals surface area contributed by atoms with Crippen molar-refractivity contribution in [3.63, 3.8) is 0 Å². The summed E-state index contributed by atoms with van der Waals surface area (Å²) < 4.78 is 7.26. The first-order chi connectivity index (χ1) is 31.0. The van der Waals surface area contributed by atoms with Gasteiger partial charge in [-0.25, -0.2) is 0 Å². The van der Waals surface area contributed by atoms with Crippen LogP contribution in [-0.4, -0.2) is 0 Å². The lowest BCUT2D eigenvalue weighted by Gasteiger charge is -2.45. The van der Waals surface area contributed by atoms with Crippen molar-refractivity contribution in [2.24, 2.45) is 0 Å². The molecular weight excluding hydrogens is 765 g/mol. The Bertz CT molecular complexity index is 3410. The second-order valence-corrected chi connectivity index (χ2v) is 17.6. The molecular formula is C60H42N2O. The number of nitrogens with zero attached hydrogens (tertiary/aromatic N) is 2.